The molecule has 2 heterocycles. The van der Waals surface area contributed by atoms with Crippen molar-refractivity contribution in [2.45, 2.75) is 25.9 Å². The first-order chi connectivity index (χ1) is 13.0. The molecular formula is C19H23N5O3. The summed E-state index contributed by atoms with van der Waals surface area (Å²) in [6.45, 7) is 5.87. The van der Waals surface area contributed by atoms with Crippen LogP contribution >= 0.6 is 0 Å². The number of amides is 1. The van der Waals surface area contributed by atoms with Gasteiger partial charge in [-0.1, -0.05) is 6.07 Å². The molecule has 8 heteroatoms. The first-order valence-electron chi connectivity index (χ1n) is 8.95. The molecule has 0 radical (unpaired) electrons. The zero-order valence-electron chi connectivity index (χ0n) is 15.4. The SMILES string of the molecule is CC(Nc1ccc(C(=O)N2CCNCC2C)cc1[N+](=O)[O-])c1ccccn1. The summed E-state index contributed by atoms with van der Waals surface area (Å²) in [6.07, 6.45) is 1.68. The fraction of sp³-hybridized carbons (Fsp3) is 0.368. The zero-order valence-corrected chi connectivity index (χ0v) is 15.4. The van der Waals surface area contributed by atoms with Gasteiger partial charge in [-0.2, -0.15) is 0 Å². The molecule has 1 saturated heterocycles. The van der Waals surface area contributed by atoms with E-state index in [1.54, 1.807) is 23.2 Å². The van der Waals surface area contributed by atoms with E-state index >= 15 is 0 Å². The number of carbonyl (C=O) groups excluding carboxylic acids is 1. The van der Waals surface area contributed by atoms with Crippen LogP contribution in [0.25, 0.3) is 0 Å². The van der Waals surface area contributed by atoms with Crippen molar-refractivity contribution in [1.82, 2.24) is 15.2 Å². The number of nitrogens with zero attached hydrogens (tertiary/aromatic N) is 3. The summed E-state index contributed by atoms with van der Waals surface area (Å²) in [5.41, 5.74) is 1.35. The van der Waals surface area contributed by atoms with Crippen molar-refractivity contribution in [2.24, 2.45) is 0 Å². The van der Waals surface area contributed by atoms with Crippen molar-refractivity contribution in [3.63, 3.8) is 0 Å². The Labute approximate surface area is 157 Å². The Balaban J connectivity index is 1.84. The molecule has 0 spiro atoms. The lowest BCUT2D eigenvalue weighted by Gasteiger charge is -2.34. The summed E-state index contributed by atoms with van der Waals surface area (Å²) < 4.78 is 0. The Hall–Kier alpha value is -3.00. The Morgan fingerprint density at radius 2 is 2.22 bits per heavy atom. The van der Waals surface area contributed by atoms with E-state index in [0.29, 0.717) is 17.8 Å². The minimum atomic E-state index is -0.467. The third kappa shape index (κ3) is 4.22. The van der Waals surface area contributed by atoms with E-state index in [1.807, 2.05) is 32.0 Å². The highest BCUT2D eigenvalue weighted by Crippen LogP contribution is 2.29. The highest BCUT2D eigenvalue weighted by molar-refractivity contribution is 5.96. The van der Waals surface area contributed by atoms with E-state index < -0.39 is 4.92 Å². The molecule has 1 aliphatic heterocycles. The van der Waals surface area contributed by atoms with Gasteiger partial charge in [-0.25, -0.2) is 0 Å². The molecule has 0 saturated carbocycles. The van der Waals surface area contributed by atoms with Crippen molar-refractivity contribution in [3.05, 3.63) is 64.0 Å². The standard InChI is InChI=1S/C19H23N5O3/c1-13-12-20-9-10-23(13)19(25)15-6-7-17(18(11-15)24(26)27)22-14(2)16-5-3-4-8-21-16/h3-8,11,13-14,20,22H,9-10,12H2,1-2H3. The summed E-state index contributed by atoms with van der Waals surface area (Å²) >= 11 is 0. The van der Waals surface area contributed by atoms with Crippen LogP contribution in [0, 0.1) is 10.1 Å². The van der Waals surface area contributed by atoms with Crippen LogP contribution in [-0.4, -0.2) is 46.4 Å². The minimum Gasteiger partial charge on any atom is -0.371 e. The van der Waals surface area contributed by atoms with Gasteiger partial charge in [-0.05, 0) is 38.1 Å². The molecule has 1 fully saturated rings. The van der Waals surface area contributed by atoms with Crippen LogP contribution in [0.4, 0.5) is 11.4 Å². The first-order valence-corrected chi connectivity index (χ1v) is 8.95. The van der Waals surface area contributed by atoms with Gasteiger partial charge < -0.3 is 15.5 Å². The molecule has 1 aromatic carbocycles. The molecule has 8 nitrogen and oxygen atoms in total. The van der Waals surface area contributed by atoms with E-state index in [4.69, 9.17) is 0 Å². The first kappa shape index (κ1) is 18.8. The van der Waals surface area contributed by atoms with Crippen molar-refractivity contribution in [3.8, 4) is 0 Å². The second kappa shape index (κ2) is 8.13. The molecule has 1 aromatic heterocycles. The zero-order chi connectivity index (χ0) is 19.4. The summed E-state index contributed by atoms with van der Waals surface area (Å²) in [6, 6.07) is 9.96. The minimum absolute atomic E-state index is 0.0484. The maximum Gasteiger partial charge on any atom is 0.293 e. The number of benzene rings is 1. The van der Waals surface area contributed by atoms with Crippen molar-refractivity contribution in [1.29, 1.82) is 0 Å². The normalized spacial score (nSPS) is 18.0. The van der Waals surface area contributed by atoms with Gasteiger partial charge in [0.05, 0.1) is 16.7 Å². The van der Waals surface area contributed by atoms with Crippen LogP contribution in [0.5, 0.6) is 0 Å². The number of nitrogens with one attached hydrogen (secondary N) is 2. The van der Waals surface area contributed by atoms with E-state index in [0.717, 1.165) is 18.8 Å². The third-order valence-corrected chi connectivity index (χ3v) is 4.71. The number of piperazine rings is 1. The summed E-state index contributed by atoms with van der Waals surface area (Å²) in [4.78, 5) is 29.9. The molecule has 0 bridgehead atoms. The van der Waals surface area contributed by atoms with Gasteiger partial charge in [0, 0.05) is 43.5 Å². The molecule has 142 valence electrons. The molecule has 27 heavy (non-hydrogen) atoms. The highest BCUT2D eigenvalue weighted by atomic mass is 16.6. The Kier molecular flexibility index (Phi) is 5.66. The number of rotatable bonds is 5. The molecular weight excluding hydrogens is 346 g/mol. The second-order valence-electron chi connectivity index (χ2n) is 6.66. The number of anilines is 1. The van der Waals surface area contributed by atoms with Crippen LogP contribution in [0.2, 0.25) is 0 Å². The topological polar surface area (TPSA) is 100 Å². The van der Waals surface area contributed by atoms with Gasteiger partial charge in [0.15, 0.2) is 0 Å². The van der Waals surface area contributed by atoms with Crippen molar-refractivity contribution in [2.75, 3.05) is 25.0 Å². The number of hydrogen-bond donors (Lipinski definition) is 2. The number of aromatic nitrogens is 1. The van der Waals surface area contributed by atoms with Gasteiger partial charge in [-0.3, -0.25) is 19.9 Å². The second-order valence-corrected chi connectivity index (χ2v) is 6.66. The van der Waals surface area contributed by atoms with Gasteiger partial charge >= 0.3 is 0 Å². The lowest BCUT2D eigenvalue weighted by atomic mass is 10.1. The molecule has 2 unspecified atom stereocenters. The smallest absolute Gasteiger partial charge is 0.293 e. The highest BCUT2D eigenvalue weighted by Gasteiger charge is 2.26. The van der Waals surface area contributed by atoms with Gasteiger partial charge in [0.2, 0.25) is 0 Å². The lowest BCUT2D eigenvalue weighted by molar-refractivity contribution is -0.384. The lowest BCUT2D eigenvalue weighted by Crippen LogP contribution is -2.52. The number of pyridine rings is 1. The molecule has 2 atom stereocenters. The van der Waals surface area contributed by atoms with E-state index in [1.165, 1.54) is 6.07 Å². The predicted molar refractivity (Wildman–Crippen MR) is 103 cm³/mol. The predicted octanol–water partition coefficient (Wildman–Crippen LogP) is 2.60. The van der Waals surface area contributed by atoms with Crippen molar-refractivity contribution >= 4 is 17.3 Å². The quantitative estimate of drug-likeness (QED) is 0.621. The maximum absolute atomic E-state index is 12.8. The van der Waals surface area contributed by atoms with Crippen LogP contribution in [0.3, 0.4) is 0 Å². The van der Waals surface area contributed by atoms with E-state index in [-0.39, 0.29) is 23.7 Å². The molecule has 1 aliphatic rings. The third-order valence-electron chi connectivity index (χ3n) is 4.71. The number of carbonyl (C=O) groups is 1. The fourth-order valence-electron chi connectivity index (χ4n) is 3.19. The Morgan fingerprint density at radius 1 is 1.41 bits per heavy atom. The number of nitro benzene ring substituents is 1. The number of nitro groups is 1. The van der Waals surface area contributed by atoms with Crippen LogP contribution in [-0.2, 0) is 0 Å². The van der Waals surface area contributed by atoms with Gasteiger partial charge in [0.25, 0.3) is 11.6 Å². The monoisotopic (exact) mass is 369 g/mol. The van der Waals surface area contributed by atoms with Crippen molar-refractivity contribution < 1.29 is 9.72 Å². The molecule has 3 rings (SSSR count). The summed E-state index contributed by atoms with van der Waals surface area (Å²) in [5, 5.41) is 17.9. The van der Waals surface area contributed by atoms with Crippen LogP contribution < -0.4 is 10.6 Å². The Morgan fingerprint density at radius 3 is 2.89 bits per heavy atom. The van der Waals surface area contributed by atoms with Crippen LogP contribution in [0.1, 0.15) is 35.9 Å². The molecule has 2 N–H and O–H groups in total. The Bertz CT molecular complexity index is 827. The van der Waals surface area contributed by atoms with Crippen LogP contribution in [0.15, 0.2) is 42.6 Å². The molecule has 2 aromatic rings. The average molecular weight is 369 g/mol. The maximum atomic E-state index is 12.8. The number of hydrogen-bond acceptors (Lipinski definition) is 6. The fourth-order valence-corrected chi connectivity index (χ4v) is 3.19. The average Bonchev–Trinajstić information content (AvgIpc) is 2.68. The summed E-state index contributed by atoms with van der Waals surface area (Å²) in [7, 11) is 0. The van der Waals surface area contributed by atoms with E-state index in [9.17, 15) is 14.9 Å². The van der Waals surface area contributed by atoms with E-state index in [2.05, 4.69) is 15.6 Å². The van der Waals surface area contributed by atoms with Gasteiger partial charge in [-0.15, -0.1) is 0 Å². The largest absolute Gasteiger partial charge is 0.371 e. The molecule has 1 amide bonds. The van der Waals surface area contributed by atoms with Gasteiger partial charge in [0.1, 0.15) is 5.69 Å². The summed E-state index contributed by atoms with van der Waals surface area (Å²) in [5.74, 6) is -0.184. The molecule has 0 aliphatic carbocycles.